The molecule has 5 rings (SSSR count). The van der Waals surface area contributed by atoms with Gasteiger partial charge in [-0.1, -0.05) is 6.92 Å². The summed E-state index contributed by atoms with van der Waals surface area (Å²) >= 11 is 0. The van der Waals surface area contributed by atoms with Crippen molar-refractivity contribution in [2.24, 2.45) is 11.8 Å². The lowest BCUT2D eigenvalue weighted by Crippen LogP contribution is -2.24. The maximum Gasteiger partial charge on any atom is 0.418 e. The van der Waals surface area contributed by atoms with Crippen LogP contribution in [-0.4, -0.2) is 39.1 Å². The first kappa shape index (κ1) is 17.2. The number of alkyl halides is 3. The highest BCUT2D eigenvalue weighted by Gasteiger charge is 2.57. The molecule has 2 aromatic heterocycles. The maximum atomic E-state index is 13.3. The molecule has 2 aromatic rings. The Morgan fingerprint density at radius 3 is 2.48 bits per heavy atom. The average molecular weight is 376 g/mol. The lowest BCUT2D eigenvalue weighted by atomic mass is 10.1. The second-order valence-electron chi connectivity index (χ2n) is 8.19. The van der Waals surface area contributed by atoms with Gasteiger partial charge in [-0.2, -0.15) is 13.2 Å². The third-order valence-corrected chi connectivity index (χ3v) is 6.38. The largest absolute Gasteiger partial charge is 0.418 e. The number of aryl methyl sites for hydroxylation is 1. The predicted molar refractivity (Wildman–Crippen MR) is 95.3 cm³/mol. The number of aromatic nitrogens is 3. The summed E-state index contributed by atoms with van der Waals surface area (Å²) in [6, 6.07) is 1.66. The fourth-order valence-corrected chi connectivity index (χ4v) is 4.64. The molecule has 1 aliphatic heterocycles. The van der Waals surface area contributed by atoms with Gasteiger partial charge in [-0.25, -0.2) is 4.98 Å². The zero-order valence-corrected chi connectivity index (χ0v) is 15.5. The molecule has 0 unspecified atom stereocenters. The van der Waals surface area contributed by atoms with E-state index in [0.717, 1.165) is 38.3 Å². The van der Waals surface area contributed by atoms with E-state index in [4.69, 9.17) is 4.98 Å². The summed E-state index contributed by atoms with van der Waals surface area (Å²) in [6.07, 6.45) is 1.34. The molecule has 0 N–H and O–H groups in total. The number of rotatable bonds is 4. The monoisotopic (exact) mass is 376 g/mol. The molecular formula is C20H23F3N4. The number of likely N-dealkylation sites (tertiary alicyclic amines) is 1. The number of nitrogens with zero attached hydrogens (tertiary/aromatic N) is 4. The summed E-state index contributed by atoms with van der Waals surface area (Å²) in [7, 11) is 0. The molecule has 1 saturated heterocycles. The second-order valence-corrected chi connectivity index (χ2v) is 8.19. The van der Waals surface area contributed by atoms with E-state index in [0.29, 0.717) is 35.1 Å². The van der Waals surface area contributed by atoms with Crippen molar-refractivity contribution < 1.29 is 13.2 Å². The summed E-state index contributed by atoms with van der Waals surface area (Å²) in [4.78, 5) is 11.2. The second kappa shape index (κ2) is 5.80. The van der Waals surface area contributed by atoms with E-state index in [1.165, 1.54) is 19.2 Å². The fourth-order valence-electron chi connectivity index (χ4n) is 4.64. The summed E-state index contributed by atoms with van der Waals surface area (Å²) in [5.41, 5.74) is 0.399. The van der Waals surface area contributed by atoms with Crippen LogP contribution in [-0.2, 0) is 6.18 Å². The SMILES string of the molecule is CCN1C[C@@H]2[C@H](C1)[C@H]2n1cc(-c2cnc(C)c(C(F)(F)F)c2)nc1C1CC1. The van der Waals surface area contributed by atoms with Gasteiger partial charge in [-0.05, 0) is 44.2 Å². The van der Waals surface area contributed by atoms with E-state index in [1.807, 2.05) is 6.20 Å². The van der Waals surface area contributed by atoms with Crippen molar-refractivity contribution in [1.82, 2.24) is 19.4 Å². The van der Waals surface area contributed by atoms with Crippen LogP contribution in [0.3, 0.4) is 0 Å². The molecule has 0 bridgehead atoms. The van der Waals surface area contributed by atoms with Crippen LogP contribution in [0.4, 0.5) is 13.2 Å². The van der Waals surface area contributed by atoms with E-state index in [-0.39, 0.29) is 5.69 Å². The van der Waals surface area contributed by atoms with E-state index in [1.54, 1.807) is 0 Å². The van der Waals surface area contributed by atoms with Gasteiger partial charge in [-0.3, -0.25) is 4.98 Å². The highest BCUT2D eigenvalue weighted by Crippen LogP contribution is 2.57. The van der Waals surface area contributed by atoms with Gasteiger partial charge in [0, 0.05) is 48.7 Å². The molecule has 144 valence electrons. The van der Waals surface area contributed by atoms with Crippen LogP contribution >= 0.6 is 0 Å². The van der Waals surface area contributed by atoms with Crippen molar-refractivity contribution in [2.45, 2.75) is 44.8 Å². The van der Waals surface area contributed by atoms with Gasteiger partial charge in [0.15, 0.2) is 0 Å². The summed E-state index contributed by atoms with van der Waals surface area (Å²) in [5.74, 6) is 2.84. The predicted octanol–water partition coefficient (Wildman–Crippen LogP) is 4.27. The van der Waals surface area contributed by atoms with Crippen LogP contribution in [0.15, 0.2) is 18.5 Å². The number of pyridine rings is 1. The topological polar surface area (TPSA) is 34.0 Å². The van der Waals surface area contributed by atoms with E-state index in [9.17, 15) is 13.2 Å². The molecule has 7 heteroatoms. The molecule has 3 heterocycles. The van der Waals surface area contributed by atoms with Crippen LogP contribution < -0.4 is 0 Å². The minimum Gasteiger partial charge on any atom is -0.330 e. The quantitative estimate of drug-likeness (QED) is 0.799. The van der Waals surface area contributed by atoms with Crippen molar-refractivity contribution >= 4 is 0 Å². The van der Waals surface area contributed by atoms with Gasteiger partial charge in [-0.15, -0.1) is 0 Å². The molecule has 27 heavy (non-hydrogen) atoms. The highest BCUT2D eigenvalue weighted by atomic mass is 19.4. The van der Waals surface area contributed by atoms with Crippen molar-refractivity contribution in [3.63, 3.8) is 0 Å². The zero-order valence-electron chi connectivity index (χ0n) is 15.5. The van der Waals surface area contributed by atoms with Gasteiger partial charge in [0.1, 0.15) is 5.82 Å². The Kier molecular flexibility index (Phi) is 3.70. The standard InChI is InChI=1S/C20H23F3N4/c1-3-26-8-14-15(9-26)18(14)27-10-17(25-19(27)12-4-5-12)13-6-16(20(21,22)23)11(2)24-7-13/h6-7,10,12,14-15,18H,3-5,8-9H2,1-2H3/t14-,15+,18+. The maximum absolute atomic E-state index is 13.3. The Bertz CT molecular complexity index is 872. The summed E-state index contributed by atoms with van der Waals surface area (Å²) < 4.78 is 42.1. The Hall–Kier alpha value is -1.89. The Labute approximate surface area is 156 Å². The van der Waals surface area contributed by atoms with Crippen LogP contribution in [0.25, 0.3) is 11.3 Å². The molecular weight excluding hydrogens is 353 g/mol. The summed E-state index contributed by atoms with van der Waals surface area (Å²) in [6.45, 7) is 6.90. The van der Waals surface area contributed by atoms with Gasteiger partial charge in [0.05, 0.1) is 11.3 Å². The highest BCUT2D eigenvalue weighted by molar-refractivity contribution is 5.59. The van der Waals surface area contributed by atoms with Gasteiger partial charge in [0.2, 0.25) is 0 Å². The first-order valence-electron chi connectivity index (χ1n) is 9.72. The van der Waals surface area contributed by atoms with Crippen molar-refractivity contribution in [1.29, 1.82) is 0 Å². The first-order valence-corrected chi connectivity index (χ1v) is 9.72. The van der Waals surface area contributed by atoms with Crippen molar-refractivity contribution in [2.75, 3.05) is 19.6 Å². The van der Waals surface area contributed by atoms with Crippen LogP contribution in [0, 0.1) is 18.8 Å². The number of piperidine rings is 1. The number of imidazole rings is 1. The van der Waals surface area contributed by atoms with Crippen LogP contribution in [0.5, 0.6) is 0 Å². The minimum absolute atomic E-state index is 0.00415. The molecule has 0 spiro atoms. The lowest BCUT2D eigenvalue weighted by molar-refractivity contribution is -0.138. The molecule has 2 saturated carbocycles. The first-order chi connectivity index (χ1) is 12.9. The summed E-state index contributed by atoms with van der Waals surface area (Å²) in [5, 5.41) is 0. The lowest BCUT2D eigenvalue weighted by Gasteiger charge is -2.18. The Morgan fingerprint density at radius 1 is 1.19 bits per heavy atom. The Morgan fingerprint density at radius 2 is 1.89 bits per heavy atom. The number of hydrogen-bond acceptors (Lipinski definition) is 3. The third kappa shape index (κ3) is 2.87. The van der Waals surface area contributed by atoms with Crippen LogP contribution in [0.2, 0.25) is 0 Å². The molecule has 2 aliphatic carbocycles. The van der Waals surface area contributed by atoms with Crippen molar-refractivity contribution in [3.05, 3.63) is 35.5 Å². The number of fused-ring (bicyclic) bond motifs is 1. The smallest absolute Gasteiger partial charge is 0.330 e. The molecule has 3 aliphatic rings. The zero-order chi connectivity index (χ0) is 18.9. The van der Waals surface area contributed by atoms with Gasteiger partial charge in [0.25, 0.3) is 0 Å². The molecule has 0 amide bonds. The minimum atomic E-state index is -4.40. The molecule has 3 atom stereocenters. The Balaban J connectivity index is 1.49. The van der Waals surface area contributed by atoms with E-state index in [2.05, 4.69) is 21.4 Å². The molecule has 3 fully saturated rings. The molecule has 0 aromatic carbocycles. The van der Waals surface area contributed by atoms with E-state index < -0.39 is 11.7 Å². The van der Waals surface area contributed by atoms with Crippen LogP contribution in [0.1, 0.15) is 48.8 Å². The molecule has 0 radical (unpaired) electrons. The fraction of sp³-hybridized carbons (Fsp3) is 0.600. The average Bonchev–Trinajstić information content (AvgIpc) is 3.49. The number of halogens is 3. The van der Waals surface area contributed by atoms with Gasteiger partial charge < -0.3 is 9.47 Å². The van der Waals surface area contributed by atoms with Crippen molar-refractivity contribution in [3.8, 4) is 11.3 Å². The normalized spacial score (nSPS) is 27.8. The van der Waals surface area contributed by atoms with E-state index >= 15 is 0 Å². The number of hydrogen-bond donors (Lipinski definition) is 0. The van der Waals surface area contributed by atoms with Gasteiger partial charge >= 0.3 is 6.18 Å². The molecule has 4 nitrogen and oxygen atoms in total. The third-order valence-electron chi connectivity index (χ3n) is 6.38.